The normalized spacial score (nSPS) is 10.9. The van der Waals surface area contributed by atoms with Crippen molar-refractivity contribution in [2.24, 2.45) is 0 Å². The van der Waals surface area contributed by atoms with Crippen LogP contribution in [-0.2, 0) is 16.0 Å². The number of hydrogen-bond donors (Lipinski definition) is 2. The molecule has 1 heterocycles. The molecule has 0 aliphatic carbocycles. The number of nitrogens with one attached hydrogen (secondary N) is 2. The lowest BCUT2D eigenvalue weighted by atomic mass is 10.0. The Labute approximate surface area is 165 Å². The van der Waals surface area contributed by atoms with E-state index in [1.165, 1.54) is 5.56 Å². The Hall–Kier alpha value is -3.08. The van der Waals surface area contributed by atoms with Crippen molar-refractivity contribution in [2.45, 2.75) is 40.5 Å². The fourth-order valence-electron chi connectivity index (χ4n) is 3.11. The molecule has 0 atom stereocenters. The molecule has 1 aromatic heterocycles. The van der Waals surface area contributed by atoms with Crippen molar-refractivity contribution in [1.82, 2.24) is 5.32 Å². The minimum absolute atomic E-state index is 0.117. The van der Waals surface area contributed by atoms with E-state index in [1.54, 1.807) is 6.26 Å². The molecule has 0 aliphatic rings. The molecule has 0 fully saturated rings. The van der Waals surface area contributed by atoms with E-state index < -0.39 is 0 Å². The molecule has 2 amide bonds. The Morgan fingerprint density at radius 3 is 2.46 bits per heavy atom. The lowest BCUT2D eigenvalue weighted by Gasteiger charge is -2.10. The number of rotatable bonds is 6. The van der Waals surface area contributed by atoms with Crippen molar-refractivity contribution >= 4 is 28.5 Å². The van der Waals surface area contributed by atoms with Crippen molar-refractivity contribution in [3.8, 4) is 0 Å². The summed E-state index contributed by atoms with van der Waals surface area (Å²) >= 11 is 0. The van der Waals surface area contributed by atoms with E-state index in [1.807, 2.05) is 52.0 Å². The predicted octanol–water partition coefficient (Wildman–Crippen LogP) is 4.35. The summed E-state index contributed by atoms with van der Waals surface area (Å²) < 4.78 is 5.57. The van der Waals surface area contributed by atoms with Crippen molar-refractivity contribution in [1.29, 1.82) is 0 Å². The summed E-state index contributed by atoms with van der Waals surface area (Å²) in [5.41, 5.74) is 6.89. The summed E-state index contributed by atoms with van der Waals surface area (Å²) in [6.45, 7) is 8.31. The van der Waals surface area contributed by atoms with Gasteiger partial charge in [-0.25, -0.2) is 0 Å². The maximum atomic E-state index is 12.3. The molecule has 2 N–H and O–H groups in total. The highest BCUT2D eigenvalue weighted by atomic mass is 16.3. The van der Waals surface area contributed by atoms with Crippen molar-refractivity contribution in [2.75, 3.05) is 11.9 Å². The van der Waals surface area contributed by atoms with Crippen LogP contribution in [0.3, 0.4) is 0 Å². The van der Waals surface area contributed by atoms with E-state index in [4.69, 9.17) is 4.42 Å². The molecule has 28 heavy (non-hydrogen) atoms. The first kappa shape index (κ1) is 19.7. The Kier molecular flexibility index (Phi) is 5.83. The number of carbonyl (C=O) groups is 2. The van der Waals surface area contributed by atoms with Gasteiger partial charge in [0.1, 0.15) is 5.58 Å². The molecule has 0 saturated heterocycles. The Morgan fingerprint density at radius 2 is 1.68 bits per heavy atom. The second-order valence-electron chi connectivity index (χ2n) is 7.34. The predicted molar refractivity (Wildman–Crippen MR) is 112 cm³/mol. The van der Waals surface area contributed by atoms with Gasteiger partial charge in [0.25, 0.3) is 0 Å². The van der Waals surface area contributed by atoms with Gasteiger partial charge in [0.05, 0.1) is 12.7 Å². The van der Waals surface area contributed by atoms with Crippen molar-refractivity contribution in [3.63, 3.8) is 0 Å². The van der Waals surface area contributed by atoms with Gasteiger partial charge in [0.15, 0.2) is 0 Å². The largest absolute Gasteiger partial charge is 0.464 e. The molecule has 0 unspecified atom stereocenters. The molecule has 0 saturated carbocycles. The maximum absolute atomic E-state index is 12.3. The number of benzene rings is 2. The van der Waals surface area contributed by atoms with Crippen LogP contribution in [0.5, 0.6) is 0 Å². The van der Waals surface area contributed by atoms with Crippen LogP contribution in [-0.4, -0.2) is 18.4 Å². The smallest absolute Gasteiger partial charge is 0.226 e. The summed E-state index contributed by atoms with van der Waals surface area (Å²) in [7, 11) is 0. The molecule has 2 aromatic carbocycles. The van der Waals surface area contributed by atoms with Crippen LogP contribution in [0.15, 0.2) is 41.0 Å². The number of furan rings is 1. The molecule has 3 rings (SSSR count). The molecule has 0 bridgehead atoms. The van der Waals surface area contributed by atoms with E-state index in [0.29, 0.717) is 6.54 Å². The van der Waals surface area contributed by atoms with Gasteiger partial charge in [-0.2, -0.15) is 0 Å². The van der Waals surface area contributed by atoms with E-state index in [-0.39, 0.29) is 24.7 Å². The zero-order chi connectivity index (χ0) is 20.3. The van der Waals surface area contributed by atoms with Gasteiger partial charge >= 0.3 is 0 Å². The molecule has 3 aromatic rings. The summed E-state index contributed by atoms with van der Waals surface area (Å²) in [4.78, 5) is 24.4. The lowest BCUT2D eigenvalue weighted by molar-refractivity contribution is -0.120. The minimum Gasteiger partial charge on any atom is -0.464 e. The highest BCUT2D eigenvalue weighted by molar-refractivity contribution is 5.92. The van der Waals surface area contributed by atoms with Gasteiger partial charge in [-0.3, -0.25) is 9.59 Å². The van der Waals surface area contributed by atoms with Crippen molar-refractivity contribution in [3.05, 3.63) is 64.4 Å². The van der Waals surface area contributed by atoms with Crippen LogP contribution in [0.4, 0.5) is 5.69 Å². The molecule has 0 radical (unpaired) electrons. The van der Waals surface area contributed by atoms with Crippen LogP contribution in [0.2, 0.25) is 0 Å². The molecule has 146 valence electrons. The van der Waals surface area contributed by atoms with Gasteiger partial charge in [-0.1, -0.05) is 12.1 Å². The average Bonchev–Trinajstić information content (AvgIpc) is 3.00. The second-order valence-corrected chi connectivity index (χ2v) is 7.34. The third-order valence-corrected chi connectivity index (χ3v) is 4.96. The maximum Gasteiger partial charge on any atom is 0.226 e. The number of aryl methyl sites for hydroxylation is 4. The minimum atomic E-state index is -0.125. The third kappa shape index (κ3) is 4.60. The van der Waals surface area contributed by atoms with Crippen LogP contribution < -0.4 is 10.6 Å². The standard InChI is InChI=1S/C23H26N2O3/c1-14-5-6-15(2)20(9-14)25-22(26)7-8-24-23(27)12-18-13-28-21-11-17(4)16(3)10-19(18)21/h5-6,9-11,13H,7-8,12H2,1-4H3,(H,24,27)(H,25,26). The number of hydrogen-bond acceptors (Lipinski definition) is 3. The van der Waals surface area contributed by atoms with Gasteiger partial charge in [0, 0.05) is 29.6 Å². The van der Waals surface area contributed by atoms with E-state index in [9.17, 15) is 9.59 Å². The van der Waals surface area contributed by atoms with E-state index in [0.717, 1.165) is 38.9 Å². The van der Waals surface area contributed by atoms with Gasteiger partial charge in [-0.15, -0.1) is 0 Å². The monoisotopic (exact) mass is 378 g/mol. The average molecular weight is 378 g/mol. The van der Waals surface area contributed by atoms with Gasteiger partial charge in [-0.05, 0) is 68.1 Å². The number of carbonyl (C=O) groups excluding carboxylic acids is 2. The zero-order valence-electron chi connectivity index (χ0n) is 16.8. The van der Waals surface area contributed by atoms with Crippen LogP contribution >= 0.6 is 0 Å². The van der Waals surface area contributed by atoms with Crippen LogP contribution in [0.25, 0.3) is 11.0 Å². The second kappa shape index (κ2) is 8.30. The molecule has 5 heteroatoms. The summed E-state index contributed by atoms with van der Waals surface area (Å²) in [6, 6.07) is 9.97. The molecular formula is C23H26N2O3. The Bertz CT molecular complexity index is 1030. The number of anilines is 1. The highest BCUT2D eigenvalue weighted by Gasteiger charge is 2.12. The summed E-state index contributed by atoms with van der Waals surface area (Å²) in [5.74, 6) is -0.241. The quantitative estimate of drug-likeness (QED) is 0.670. The molecule has 5 nitrogen and oxygen atoms in total. The first-order valence-corrected chi connectivity index (χ1v) is 9.44. The summed E-state index contributed by atoms with van der Waals surface area (Å²) in [6.07, 6.45) is 2.09. The molecular weight excluding hydrogens is 352 g/mol. The molecule has 0 aliphatic heterocycles. The van der Waals surface area contributed by atoms with E-state index in [2.05, 4.69) is 16.7 Å². The first-order chi connectivity index (χ1) is 13.3. The topological polar surface area (TPSA) is 71.3 Å². The lowest BCUT2D eigenvalue weighted by Crippen LogP contribution is -2.28. The third-order valence-electron chi connectivity index (χ3n) is 4.96. The fourth-order valence-corrected chi connectivity index (χ4v) is 3.11. The van der Waals surface area contributed by atoms with Crippen LogP contribution in [0, 0.1) is 27.7 Å². The van der Waals surface area contributed by atoms with Gasteiger partial charge < -0.3 is 15.1 Å². The van der Waals surface area contributed by atoms with Gasteiger partial charge in [0.2, 0.25) is 11.8 Å². The Balaban J connectivity index is 1.51. The highest BCUT2D eigenvalue weighted by Crippen LogP contribution is 2.25. The summed E-state index contributed by atoms with van der Waals surface area (Å²) in [5, 5.41) is 6.68. The van der Waals surface area contributed by atoms with Crippen molar-refractivity contribution < 1.29 is 14.0 Å². The SMILES string of the molecule is Cc1ccc(C)c(NC(=O)CCNC(=O)Cc2coc3cc(C)c(C)cc23)c1. The first-order valence-electron chi connectivity index (χ1n) is 9.44. The number of amides is 2. The zero-order valence-corrected chi connectivity index (χ0v) is 16.8. The van der Waals surface area contributed by atoms with E-state index >= 15 is 0 Å². The van der Waals surface area contributed by atoms with Crippen LogP contribution in [0.1, 0.15) is 34.2 Å². The molecule has 0 spiro atoms. The fraction of sp³-hybridized carbons (Fsp3) is 0.304. The number of fused-ring (bicyclic) bond motifs is 1. The Morgan fingerprint density at radius 1 is 0.929 bits per heavy atom.